The first-order valence-corrected chi connectivity index (χ1v) is 6.58. The van der Waals surface area contributed by atoms with E-state index in [1.807, 2.05) is 0 Å². The Bertz CT molecular complexity index is 676. The van der Waals surface area contributed by atoms with Crippen LogP contribution < -0.4 is 0 Å². The second-order valence-electron chi connectivity index (χ2n) is 5.21. The smallest absolute Gasteiger partial charge is 0.416 e. The van der Waals surface area contributed by atoms with Crippen LogP contribution in [-0.4, -0.2) is 40.7 Å². The summed E-state index contributed by atoms with van der Waals surface area (Å²) in [4.78, 5) is 3.09. The first-order chi connectivity index (χ1) is 11.6. The maximum atomic E-state index is 12.8. The van der Waals surface area contributed by atoms with Gasteiger partial charge in [0.15, 0.2) is 12.1 Å². The molecule has 0 saturated heterocycles. The van der Waals surface area contributed by atoms with Gasteiger partial charge in [0.2, 0.25) is 12.2 Å². The number of aliphatic hydroxyl groups is 2. The van der Waals surface area contributed by atoms with Crippen LogP contribution >= 0.6 is 0 Å². The van der Waals surface area contributed by atoms with Crippen molar-refractivity contribution in [1.82, 2.24) is 0 Å². The van der Waals surface area contributed by atoms with E-state index in [1.54, 1.807) is 0 Å². The quantitative estimate of drug-likeness (QED) is 0.755. The molecule has 2 N–H and O–H groups in total. The standard InChI is InChI=1S/C13H8F9NO3/c14-11(15,16)5-1-4(2-6(3-5)12(17,18)19)9-23-7(10(25)26-9)8(24)13(20,21)22/h1-3,7-8,10,24-25H. The van der Waals surface area contributed by atoms with Crippen molar-refractivity contribution in [3.8, 4) is 0 Å². The van der Waals surface area contributed by atoms with Gasteiger partial charge < -0.3 is 14.9 Å². The van der Waals surface area contributed by atoms with Crippen LogP contribution in [0, 0.1) is 0 Å². The molecule has 2 rings (SSSR count). The lowest BCUT2D eigenvalue weighted by Gasteiger charge is -2.20. The molecule has 0 fully saturated rings. The molecule has 0 saturated carbocycles. The highest BCUT2D eigenvalue weighted by Gasteiger charge is 2.50. The Balaban J connectivity index is 2.51. The van der Waals surface area contributed by atoms with E-state index in [-0.39, 0.29) is 18.2 Å². The minimum atomic E-state index is -5.25. The van der Waals surface area contributed by atoms with Gasteiger partial charge in [-0.3, -0.25) is 0 Å². The predicted octanol–water partition coefficient (Wildman–Crippen LogP) is 3.11. The van der Waals surface area contributed by atoms with E-state index in [9.17, 15) is 44.6 Å². The molecule has 1 heterocycles. The van der Waals surface area contributed by atoms with Gasteiger partial charge in [-0.1, -0.05) is 0 Å². The topological polar surface area (TPSA) is 62.0 Å². The van der Waals surface area contributed by atoms with Crippen molar-refractivity contribution in [2.75, 3.05) is 0 Å². The van der Waals surface area contributed by atoms with Gasteiger partial charge >= 0.3 is 18.5 Å². The van der Waals surface area contributed by atoms with Crippen molar-refractivity contribution >= 4 is 5.90 Å². The zero-order valence-electron chi connectivity index (χ0n) is 12.1. The van der Waals surface area contributed by atoms with Crippen LogP contribution in [0.4, 0.5) is 39.5 Å². The molecule has 13 heteroatoms. The Hall–Kier alpha value is -2.02. The molecule has 3 unspecified atom stereocenters. The summed E-state index contributed by atoms with van der Waals surface area (Å²) < 4.78 is 118. The highest BCUT2D eigenvalue weighted by Crippen LogP contribution is 2.37. The Morgan fingerprint density at radius 3 is 1.73 bits per heavy atom. The van der Waals surface area contributed by atoms with Crippen molar-refractivity contribution in [1.29, 1.82) is 0 Å². The first kappa shape index (κ1) is 20.3. The number of nitrogens with zero attached hydrogens (tertiary/aromatic N) is 1. The van der Waals surface area contributed by atoms with Gasteiger partial charge in [-0.2, -0.15) is 39.5 Å². The minimum absolute atomic E-state index is 0.170. The van der Waals surface area contributed by atoms with Crippen molar-refractivity contribution in [3.05, 3.63) is 34.9 Å². The van der Waals surface area contributed by atoms with E-state index in [4.69, 9.17) is 5.11 Å². The number of ether oxygens (including phenoxy) is 1. The molecule has 0 spiro atoms. The van der Waals surface area contributed by atoms with Crippen molar-refractivity contribution in [2.24, 2.45) is 4.99 Å². The molecule has 1 aliphatic rings. The summed E-state index contributed by atoms with van der Waals surface area (Å²) >= 11 is 0. The molecular weight excluding hydrogens is 389 g/mol. The van der Waals surface area contributed by atoms with E-state index in [1.165, 1.54) is 0 Å². The third-order valence-electron chi connectivity index (χ3n) is 3.28. The van der Waals surface area contributed by atoms with Gasteiger partial charge in [0.25, 0.3) is 0 Å². The minimum Gasteiger partial charge on any atom is -0.445 e. The Kier molecular flexibility index (Phi) is 4.92. The molecule has 1 aromatic carbocycles. The second kappa shape index (κ2) is 6.30. The van der Waals surface area contributed by atoms with Crippen LogP contribution in [0.1, 0.15) is 16.7 Å². The third-order valence-corrected chi connectivity index (χ3v) is 3.28. The van der Waals surface area contributed by atoms with E-state index in [0.717, 1.165) is 0 Å². The zero-order valence-corrected chi connectivity index (χ0v) is 12.1. The maximum Gasteiger partial charge on any atom is 0.416 e. The summed E-state index contributed by atoms with van der Waals surface area (Å²) in [5.41, 5.74) is -4.45. The number of benzene rings is 1. The van der Waals surface area contributed by atoms with Gasteiger partial charge in [-0.25, -0.2) is 4.99 Å². The molecule has 0 aromatic heterocycles. The number of aliphatic imine (C=N–C) groups is 1. The predicted molar refractivity (Wildman–Crippen MR) is 65.9 cm³/mol. The maximum absolute atomic E-state index is 12.8. The van der Waals surface area contributed by atoms with E-state index < -0.39 is 59.6 Å². The average molecular weight is 397 g/mol. The molecule has 1 aliphatic heterocycles. The molecule has 0 radical (unpaired) electrons. The average Bonchev–Trinajstić information content (AvgIpc) is 2.85. The van der Waals surface area contributed by atoms with Crippen molar-refractivity contribution in [3.63, 3.8) is 0 Å². The molecule has 0 bridgehead atoms. The van der Waals surface area contributed by atoms with Gasteiger partial charge in [0.05, 0.1) is 11.1 Å². The number of aliphatic hydroxyl groups excluding tert-OH is 2. The highest BCUT2D eigenvalue weighted by atomic mass is 19.4. The van der Waals surface area contributed by atoms with E-state index in [0.29, 0.717) is 0 Å². The van der Waals surface area contributed by atoms with Gasteiger partial charge in [-0.05, 0) is 18.2 Å². The van der Waals surface area contributed by atoms with Crippen molar-refractivity contribution < 1.29 is 54.5 Å². The van der Waals surface area contributed by atoms with Crippen LogP contribution in [0.15, 0.2) is 23.2 Å². The molecule has 1 aromatic rings. The monoisotopic (exact) mass is 397 g/mol. The van der Waals surface area contributed by atoms with E-state index >= 15 is 0 Å². The lowest BCUT2D eigenvalue weighted by molar-refractivity contribution is -0.223. The normalized spacial score (nSPS) is 22.8. The first-order valence-electron chi connectivity index (χ1n) is 6.58. The van der Waals surface area contributed by atoms with Gasteiger partial charge in [-0.15, -0.1) is 0 Å². The molecule has 146 valence electrons. The fourth-order valence-corrected chi connectivity index (χ4v) is 2.05. The lowest BCUT2D eigenvalue weighted by Crippen LogP contribution is -2.43. The Morgan fingerprint density at radius 2 is 1.35 bits per heavy atom. The number of hydrogen-bond donors (Lipinski definition) is 2. The van der Waals surface area contributed by atoms with E-state index in [2.05, 4.69) is 9.73 Å². The third kappa shape index (κ3) is 4.20. The molecule has 0 amide bonds. The number of alkyl halides is 9. The molecule has 26 heavy (non-hydrogen) atoms. The van der Waals surface area contributed by atoms with Crippen LogP contribution in [0.5, 0.6) is 0 Å². The summed E-state index contributed by atoms with van der Waals surface area (Å²) in [6, 6.07) is -2.22. The summed E-state index contributed by atoms with van der Waals surface area (Å²) in [6.07, 6.45) is -21.3. The van der Waals surface area contributed by atoms with Crippen LogP contribution in [0.3, 0.4) is 0 Å². The highest BCUT2D eigenvalue weighted by molar-refractivity contribution is 5.95. The summed E-state index contributed by atoms with van der Waals surface area (Å²) in [7, 11) is 0. The summed E-state index contributed by atoms with van der Waals surface area (Å²) in [5.74, 6) is -1.10. The SMILES string of the molecule is OC1OC(c2cc(C(F)(F)F)cc(C(F)(F)F)c2)=NC1C(O)C(F)(F)F. The van der Waals surface area contributed by atoms with Gasteiger partial charge in [0.1, 0.15) is 0 Å². The second-order valence-corrected chi connectivity index (χ2v) is 5.21. The van der Waals surface area contributed by atoms with Crippen LogP contribution in [0.25, 0.3) is 0 Å². The lowest BCUT2D eigenvalue weighted by atomic mass is 10.0. The molecule has 0 aliphatic carbocycles. The van der Waals surface area contributed by atoms with Gasteiger partial charge in [0, 0.05) is 5.56 Å². The largest absolute Gasteiger partial charge is 0.445 e. The number of hydrogen-bond acceptors (Lipinski definition) is 4. The zero-order chi connectivity index (χ0) is 20.1. The van der Waals surface area contributed by atoms with Crippen LogP contribution in [0.2, 0.25) is 0 Å². The van der Waals surface area contributed by atoms with Crippen molar-refractivity contribution in [2.45, 2.75) is 37.0 Å². The summed E-state index contributed by atoms with van der Waals surface area (Å²) in [6.45, 7) is 0. The number of rotatable bonds is 2. The fourth-order valence-electron chi connectivity index (χ4n) is 2.05. The Labute approximate surface area is 138 Å². The molecule has 4 nitrogen and oxygen atoms in total. The summed E-state index contributed by atoms with van der Waals surface area (Å²) in [5, 5.41) is 18.4. The number of halogens is 9. The fraction of sp³-hybridized carbons (Fsp3) is 0.462. The Morgan fingerprint density at radius 1 is 0.885 bits per heavy atom. The van der Waals surface area contributed by atoms with Crippen LogP contribution in [-0.2, 0) is 17.1 Å². The molecular formula is C13H8F9NO3. The molecule has 3 atom stereocenters.